The second-order valence-corrected chi connectivity index (χ2v) is 6.32. The largest absolute Gasteiger partial charge is 0.270 e. The number of halogens is 1. The van der Waals surface area contributed by atoms with Crippen molar-refractivity contribution in [1.29, 1.82) is 0 Å². The molecular formula is C19H18ClN3O. The molecule has 0 saturated carbocycles. The average Bonchev–Trinajstić information content (AvgIpc) is 2.54. The molecule has 24 heavy (non-hydrogen) atoms. The third-order valence-electron chi connectivity index (χ3n) is 3.90. The molecule has 3 aromatic rings. The van der Waals surface area contributed by atoms with E-state index in [2.05, 4.69) is 10.1 Å². The van der Waals surface area contributed by atoms with Gasteiger partial charge in [-0.15, -0.1) is 0 Å². The van der Waals surface area contributed by atoms with Crippen molar-refractivity contribution in [2.24, 2.45) is 0 Å². The summed E-state index contributed by atoms with van der Waals surface area (Å²) in [6.45, 7) is 6.12. The molecule has 0 radical (unpaired) electrons. The normalized spacial score (nSPS) is 10.8. The molecule has 2 aromatic heterocycles. The van der Waals surface area contributed by atoms with E-state index in [0.29, 0.717) is 17.1 Å². The van der Waals surface area contributed by atoms with Crippen LogP contribution in [0.4, 0.5) is 0 Å². The van der Waals surface area contributed by atoms with Crippen LogP contribution in [0.15, 0.2) is 47.3 Å². The highest BCUT2D eigenvalue weighted by Gasteiger charge is 2.10. The number of nitrogens with zero attached hydrogens (tertiary/aromatic N) is 3. The number of pyridine rings is 1. The first-order chi connectivity index (χ1) is 11.4. The fraction of sp³-hybridized carbons (Fsp3) is 0.211. The van der Waals surface area contributed by atoms with Crippen LogP contribution >= 0.6 is 11.6 Å². The summed E-state index contributed by atoms with van der Waals surface area (Å²) >= 11 is 5.92. The van der Waals surface area contributed by atoms with Gasteiger partial charge in [-0.2, -0.15) is 5.10 Å². The predicted molar refractivity (Wildman–Crippen MR) is 96.5 cm³/mol. The molecule has 4 nitrogen and oxygen atoms in total. The molecule has 2 heterocycles. The molecule has 0 unspecified atom stereocenters. The van der Waals surface area contributed by atoms with Gasteiger partial charge in [-0.3, -0.25) is 9.78 Å². The Morgan fingerprint density at radius 1 is 1.04 bits per heavy atom. The molecule has 0 N–H and O–H groups in total. The fourth-order valence-electron chi connectivity index (χ4n) is 2.63. The summed E-state index contributed by atoms with van der Waals surface area (Å²) in [6.07, 6.45) is 0. The van der Waals surface area contributed by atoms with Crippen molar-refractivity contribution in [1.82, 2.24) is 14.8 Å². The van der Waals surface area contributed by atoms with Crippen molar-refractivity contribution in [2.75, 3.05) is 0 Å². The molecule has 0 spiro atoms. The van der Waals surface area contributed by atoms with Gasteiger partial charge in [0.2, 0.25) is 0 Å². The lowest BCUT2D eigenvalue weighted by Gasteiger charge is -2.11. The molecule has 3 rings (SSSR count). The second-order valence-electron chi connectivity index (χ2n) is 5.89. The van der Waals surface area contributed by atoms with Gasteiger partial charge < -0.3 is 0 Å². The van der Waals surface area contributed by atoms with Crippen LogP contribution in [0, 0.1) is 20.8 Å². The Labute approximate surface area is 145 Å². The number of rotatable bonds is 3. The van der Waals surface area contributed by atoms with Crippen LogP contribution in [0.5, 0.6) is 0 Å². The zero-order chi connectivity index (χ0) is 17.3. The highest BCUT2D eigenvalue weighted by Crippen LogP contribution is 2.20. The zero-order valence-corrected chi connectivity index (χ0v) is 14.6. The standard InChI is InChI=1S/C19H18ClN3O/c1-12-10-18(17-9-4-13(2)21-14(17)3)22-23(19(12)24)11-15-5-7-16(20)8-6-15/h4-10H,11H2,1-3H3. The lowest BCUT2D eigenvalue weighted by molar-refractivity contribution is 0.637. The third kappa shape index (κ3) is 3.39. The van der Waals surface area contributed by atoms with Crippen LogP contribution in [-0.2, 0) is 6.54 Å². The Morgan fingerprint density at radius 2 is 1.75 bits per heavy atom. The summed E-state index contributed by atoms with van der Waals surface area (Å²) in [5.74, 6) is 0. The van der Waals surface area contributed by atoms with Crippen LogP contribution in [0.2, 0.25) is 5.02 Å². The molecule has 0 fully saturated rings. The van der Waals surface area contributed by atoms with E-state index in [4.69, 9.17) is 11.6 Å². The van der Waals surface area contributed by atoms with Gasteiger partial charge in [-0.25, -0.2) is 4.68 Å². The summed E-state index contributed by atoms with van der Waals surface area (Å²) in [5.41, 5.74) is 5.10. The van der Waals surface area contributed by atoms with Gasteiger partial charge in [0, 0.05) is 27.5 Å². The van der Waals surface area contributed by atoms with Gasteiger partial charge in [-0.1, -0.05) is 23.7 Å². The Balaban J connectivity index is 2.05. The average molecular weight is 340 g/mol. The van der Waals surface area contributed by atoms with Crippen molar-refractivity contribution in [3.63, 3.8) is 0 Å². The van der Waals surface area contributed by atoms with Crippen molar-refractivity contribution in [2.45, 2.75) is 27.3 Å². The molecule has 0 amide bonds. The zero-order valence-electron chi connectivity index (χ0n) is 13.9. The summed E-state index contributed by atoms with van der Waals surface area (Å²) < 4.78 is 1.49. The third-order valence-corrected chi connectivity index (χ3v) is 4.15. The van der Waals surface area contributed by atoms with Crippen LogP contribution in [0.25, 0.3) is 11.3 Å². The van der Waals surface area contributed by atoms with Crippen molar-refractivity contribution in [3.8, 4) is 11.3 Å². The van der Waals surface area contributed by atoms with Crippen LogP contribution in [-0.4, -0.2) is 14.8 Å². The molecule has 0 aliphatic rings. The van der Waals surface area contributed by atoms with Crippen molar-refractivity contribution >= 4 is 11.6 Å². The lowest BCUT2D eigenvalue weighted by atomic mass is 10.1. The van der Waals surface area contributed by atoms with Gasteiger partial charge >= 0.3 is 0 Å². The van der Waals surface area contributed by atoms with Crippen molar-refractivity contribution < 1.29 is 0 Å². The highest BCUT2D eigenvalue weighted by atomic mass is 35.5. The summed E-state index contributed by atoms with van der Waals surface area (Å²) in [6, 6.07) is 13.2. The molecule has 0 aliphatic carbocycles. The molecule has 0 saturated heterocycles. The number of benzene rings is 1. The Hall–Kier alpha value is -2.46. The van der Waals surface area contributed by atoms with E-state index in [-0.39, 0.29) is 5.56 Å². The predicted octanol–water partition coefficient (Wildman–Crippen LogP) is 3.93. The second kappa shape index (κ2) is 6.57. The van der Waals surface area contributed by atoms with Crippen molar-refractivity contribution in [3.05, 3.63) is 80.4 Å². The Bertz CT molecular complexity index is 946. The maximum absolute atomic E-state index is 12.4. The number of aromatic nitrogens is 3. The first-order valence-electron chi connectivity index (χ1n) is 7.72. The monoisotopic (exact) mass is 339 g/mol. The number of hydrogen-bond donors (Lipinski definition) is 0. The summed E-state index contributed by atoms with van der Waals surface area (Å²) in [5, 5.41) is 5.21. The van der Waals surface area contributed by atoms with Gasteiger partial charge in [0.15, 0.2) is 0 Å². The summed E-state index contributed by atoms with van der Waals surface area (Å²) in [4.78, 5) is 16.9. The molecule has 0 bridgehead atoms. The molecular weight excluding hydrogens is 322 g/mol. The molecule has 0 aliphatic heterocycles. The van der Waals surface area contributed by atoms with E-state index in [0.717, 1.165) is 28.2 Å². The van der Waals surface area contributed by atoms with E-state index in [1.54, 1.807) is 0 Å². The van der Waals surface area contributed by atoms with Gasteiger partial charge in [-0.05, 0) is 56.7 Å². The van der Waals surface area contributed by atoms with Gasteiger partial charge in [0.25, 0.3) is 5.56 Å². The van der Waals surface area contributed by atoms with Crippen LogP contribution < -0.4 is 5.56 Å². The first-order valence-corrected chi connectivity index (χ1v) is 8.09. The van der Waals surface area contributed by atoms with E-state index in [9.17, 15) is 4.79 Å². The van der Waals surface area contributed by atoms with E-state index < -0.39 is 0 Å². The van der Waals surface area contributed by atoms with Gasteiger partial charge in [0.05, 0.1) is 12.2 Å². The summed E-state index contributed by atoms with van der Waals surface area (Å²) in [7, 11) is 0. The highest BCUT2D eigenvalue weighted by molar-refractivity contribution is 6.30. The van der Waals surface area contributed by atoms with E-state index in [1.807, 2.05) is 63.2 Å². The lowest BCUT2D eigenvalue weighted by Crippen LogP contribution is -2.26. The van der Waals surface area contributed by atoms with Crippen LogP contribution in [0.1, 0.15) is 22.5 Å². The Kier molecular flexibility index (Phi) is 4.49. The SMILES string of the molecule is Cc1ccc(-c2cc(C)c(=O)n(Cc3ccc(Cl)cc3)n2)c(C)n1. The van der Waals surface area contributed by atoms with E-state index in [1.165, 1.54) is 4.68 Å². The number of aryl methyl sites for hydroxylation is 3. The maximum Gasteiger partial charge on any atom is 0.270 e. The maximum atomic E-state index is 12.4. The first kappa shape index (κ1) is 16.4. The molecule has 122 valence electrons. The molecule has 1 aromatic carbocycles. The van der Waals surface area contributed by atoms with E-state index >= 15 is 0 Å². The number of hydrogen-bond acceptors (Lipinski definition) is 3. The topological polar surface area (TPSA) is 47.8 Å². The fourth-order valence-corrected chi connectivity index (χ4v) is 2.76. The minimum absolute atomic E-state index is 0.0913. The van der Waals surface area contributed by atoms with Crippen LogP contribution in [0.3, 0.4) is 0 Å². The van der Waals surface area contributed by atoms with Gasteiger partial charge in [0.1, 0.15) is 0 Å². The molecule has 5 heteroatoms. The minimum Gasteiger partial charge on any atom is -0.268 e. The minimum atomic E-state index is -0.0913. The smallest absolute Gasteiger partial charge is 0.268 e. The Morgan fingerprint density at radius 3 is 2.42 bits per heavy atom. The molecule has 0 atom stereocenters. The quantitative estimate of drug-likeness (QED) is 0.726.